The summed E-state index contributed by atoms with van der Waals surface area (Å²) < 4.78 is 13.7. The Morgan fingerprint density at radius 1 is 1.20 bits per heavy atom. The van der Waals surface area contributed by atoms with E-state index in [1.165, 1.54) is 6.42 Å². The fraction of sp³-hybridized carbons (Fsp3) is 0.636. The maximum absolute atomic E-state index is 13.7. The Morgan fingerprint density at radius 3 is 2.53 bits per heavy atom. The van der Waals surface area contributed by atoms with E-state index in [1.807, 2.05) is 17.9 Å². The van der Waals surface area contributed by atoms with E-state index in [4.69, 9.17) is 0 Å². The highest BCUT2D eigenvalue weighted by atomic mass is 127. The average molecular weight is 531 g/mol. The largest absolute Gasteiger partial charge is 0.357 e. The molecule has 1 amide bonds. The van der Waals surface area contributed by atoms with Crippen molar-refractivity contribution >= 4 is 35.8 Å². The summed E-state index contributed by atoms with van der Waals surface area (Å²) in [5.41, 5.74) is 1.51. The molecule has 0 unspecified atom stereocenters. The lowest BCUT2D eigenvalue weighted by molar-refractivity contribution is -0.139. The number of rotatable bonds is 7. The highest BCUT2D eigenvalue weighted by molar-refractivity contribution is 14.0. The molecule has 8 heteroatoms. The highest BCUT2D eigenvalue weighted by Crippen LogP contribution is 2.28. The summed E-state index contributed by atoms with van der Waals surface area (Å²) in [6.07, 6.45) is 3.35. The SMILES string of the molecule is CCNC(=NCc1ccc(C)c(F)c1)NCCN1CCN(C(=O)C2CCC2)CC1.I. The van der Waals surface area contributed by atoms with E-state index in [1.54, 1.807) is 19.1 Å². The van der Waals surface area contributed by atoms with Gasteiger partial charge in [-0.25, -0.2) is 9.38 Å². The Bertz CT molecular complexity index is 717. The zero-order chi connectivity index (χ0) is 20.6. The van der Waals surface area contributed by atoms with Crippen LogP contribution in [0.3, 0.4) is 0 Å². The molecule has 1 heterocycles. The zero-order valence-corrected chi connectivity index (χ0v) is 20.5. The molecule has 1 aliphatic carbocycles. The van der Waals surface area contributed by atoms with Crippen molar-refractivity contribution in [2.24, 2.45) is 10.9 Å². The third-order valence-electron chi connectivity index (χ3n) is 5.86. The molecule has 1 aliphatic heterocycles. The van der Waals surface area contributed by atoms with E-state index in [0.717, 1.165) is 70.2 Å². The number of piperazine rings is 1. The van der Waals surface area contributed by atoms with E-state index in [0.29, 0.717) is 23.9 Å². The summed E-state index contributed by atoms with van der Waals surface area (Å²) in [5, 5.41) is 6.60. The molecule has 2 fully saturated rings. The average Bonchev–Trinajstić information content (AvgIpc) is 2.68. The lowest BCUT2D eigenvalue weighted by Crippen LogP contribution is -2.52. The van der Waals surface area contributed by atoms with Crippen LogP contribution in [0.2, 0.25) is 0 Å². The van der Waals surface area contributed by atoms with Gasteiger partial charge in [-0.1, -0.05) is 18.6 Å². The van der Waals surface area contributed by atoms with Crippen LogP contribution in [-0.4, -0.2) is 67.5 Å². The molecule has 1 aromatic rings. The Balaban J connectivity index is 0.00000320. The number of carbonyl (C=O) groups excluding carboxylic acids is 1. The molecule has 2 aliphatic rings. The van der Waals surface area contributed by atoms with Crippen LogP contribution >= 0.6 is 24.0 Å². The minimum atomic E-state index is -0.189. The van der Waals surface area contributed by atoms with Gasteiger partial charge in [0.2, 0.25) is 5.91 Å². The van der Waals surface area contributed by atoms with Crippen LogP contribution in [0.1, 0.15) is 37.3 Å². The molecule has 0 bridgehead atoms. The predicted octanol–water partition coefficient (Wildman–Crippen LogP) is 2.75. The van der Waals surface area contributed by atoms with Crippen LogP contribution in [0.5, 0.6) is 0 Å². The van der Waals surface area contributed by atoms with Gasteiger partial charge < -0.3 is 15.5 Å². The molecule has 1 saturated heterocycles. The first-order valence-electron chi connectivity index (χ1n) is 10.8. The van der Waals surface area contributed by atoms with Crippen molar-refractivity contribution in [2.45, 2.75) is 39.7 Å². The van der Waals surface area contributed by atoms with E-state index in [9.17, 15) is 9.18 Å². The second kappa shape index (κ2) is 12.4. The van der Waals surface area contributed by atoms with E-state index in [2.05, 4.69) is 20.5 Å². The van der Waals surface area contributed by atoms with Gasteiger partial charge in [-0.2, -0.15) is 0 Å². The Kier molecular flexibility index (Phi) is 10.3. The van der Waals surface area contributed by atoms with Crippen molar-refractivity contribution < 1.29 is 9.18 Å². The van der Waals surface area contributed by atoms with Crippen molar-refractivity contribution in [1.29, 1.82) is 0 Å². The Labute approximate surface area is 196 Å². The van der Waals surface area contributed by atoms with Crippen molar-refractivity contribution in [3.05, 3.63) is 35.1 Å². The number of hydrogen-bond donors (Lipinski definition) is 2. The van der Waals surface area contributed by atoms with Gasteiger partial charge in [0, 0.05) is 51.7 Å². The number of hydrogen-bond acceptors (Lipinski definition) is 3. The number of nitrogens with one attached hydrogen (secondary N) is 2. The maximum Gasteiger partial charge on any atom is 0.225 e. The zero-order valence-electron chi connectivity index (χ0n) is 18.1. The number of halogens is 2. The summed E-state index contributed by atoms with van der Waals surface area (Å²) in [6, 6.07) is 5.25. The first-order chi connectivity index (χ1) is 14.1. The molecule has 168 valence electrons. The number of aryl methyl sites for hydroxylation is 1. The van der Waals surface area contributed by atoms with Crippen LogP contribution < -0.4 is 10.6 Å². The summed E-state index contributed by atoms with van der Waals surface area (Å²) in [6.45, 7) is 10.2. The summed E-state index contributed by atoms with van der Waals surface area (Å²) >= 11 is 0. The van der Waals surface area contributed by atoms with Gasteiger partial charge in [0.1, 0.15) is 5.82 Å². The monoisotopic (exact) mass is 531 g/mol. The molecule has 30 heavy (non-hydrogen) atoms. The molecule has 3 rings (SSSR count). The van der Waals surface area contributed by atoms with Crippen molar-refractivity contribution in [1.82, 2.24) is 20.4 Å². The number of carbonyl (C=O) groups is 1. The second-order valence-electron chi connectivity index (χ2n) is 8.00. The third-order valence-corrected chi connectivity index (χ3v) is 5.86. The van der Waals surface area contributed by atoms with Crippen molar-refractivity contribution in [3.63, 3.8) is 0 Å². The molecule has 6 nitrogen and oxygen atoms in total. The quantitative estimate of drug-likeness (QED) is 0.323. The second-order valence-corrected chi connectivity index (χ2v) is 8.00. The Morgan fingerprint density at radius 2 is 1.93 bits per heavy atom. The smallest absolute Gasteiger partial charge is 0.225 e. The third kappa shape index (κ3) is 7.08. The molecule has 1 aromatic carbocycles. The number of amides is 1. The molecular formula is C22H35FIN5O. The summed E-state index contributed by atoms with van der Waals surface area (Å²) in [7, 11) is 0. The van der Waals surface area contributed by atoms with Crippen LogP contribution in [0, 0.1) is 18.7 Å². The molecule has 2 N–H and O–H groups in total. The summed E-state index contributed by atoms with van der Waals surface area (Å²) in [5.74, 6) is 1.21. The van der Waals surface area contributed by atoms with Gasteiger partial charge in [0.25, 0.3) is 0 Å². The van der Waals surface area contributed by atoms with E-state index < -0.39 is 0 Å². The van der Waals surface area contributed by atoms with Gasteiger partial charge in [0.15, 0.2) is 5.96 Å². The number of nitrogens with zero attached hydrogens (tertiary/aromatic N) is 3. The van der Waals surface area contributed by atoms with Crippen LogP contribution in [0.25, 0.3) is 0 Å². The maximum atomic E-state index is 13.7. The lowest BCUT2D eigenvalue weighted by Gasteiger charge is -2.38. The minimum absolute atomic E-state index is 0. The standard InChI is InChI=1S/C22H34FN5O.HI/c1-3-24-22(26-16-18-8-7-17(2)20(23)15-18)25-9-10-27-11-13-28(14-12-27)21(29)19-5-4-6-19;/h7-8,15,19H,3-6,9-14,16H2,1-2H3,(H2,24,25,26);1H. The van der Waals surface area contributed by atoms with Gasteiger partial charge in [0.05, 0.1) is 6.54 Å². The van der Waals surface area contributed by atoms with Gasteiger partial charge in [-0.15, -0.1) is 24.0 Å². The van der Waals surface area contributed by atoms with E-state index in [-0.39, 0.29) is 29.8 Å². The lowest BCUT2D eigenvalue weighted by atomic mass is 9.84. The van der Waals surface area contributed by atoms with Crippen molar-refractivity contribution in [3.8, 4) is 0 Å². The molecule has 0 atom stereocenters. The first-order valence-corrected chi connectivity index (χ1v) is 10.8. The van der Waals surface area contributed by atoms with E-state index >= 15 is 0 Å². The van der Waals surface area contributed by atoms with Crippen molar-refractivity contribution in [2.75, 3.05) is 45.8 Å². The molecule has 0 aromatic heterocycles. The fourth-order valence-electron chi connectivity index (χ4n) is 3.68. The van der Waals surface area contributed by atoms with Gasteiger partial charge in [-0.3, -0.25) is 9.69 Å². The van der Waals surface area contributed by atoms with Gasteiger partial charge >= 0.3 is 0 Å². The number of aliphatic imine (C=N–C) groups is 1. The van der Waals surface area contributed by atoms with Crippen LogP contribution in [-0.2, 0) is 11.3 Å². The molecule has 1 saturated carbocycles. The number of benzene rings is 1. The summed E-state index contributed by atoms with van der Waals surface area (Å²) in [4.78, 5) is 21.3. The predicted molar refractivity (Wildman–Crippen MR) is 130 cm³/mol. The topological polar surface area (TPSA) is 60.0 Å². The van der Waals surface area contributed by atoms with Gasteiger partial charge in [-0.05, 0) is 43.9 Å². The Hall–Kier alpha value is -1.42. The minimum Gasteiger partial charge on any atom is -0.357 e. The molecule has 0 radical (unpaired) electrons. The highest BCUT2D eigenvalue weighted by Gasteiger charge is 2.30. The number of guanidine groups is 1. The fourth-order valence-corrected chi connectivity index (χ4v) is 3.68. The molecule has 0 spiro atoms. The molecular weight excluding hydrogens is 496 g/mol. The first kappa shape index (κ1) is 24.8. The van der Waals surface area contributed by atoms with Crippen LogP contribution in [0.4, 0.5) is 4.39 Å². The van der Waals surface area contributed by atoms with Crippen LogP contribution in [0.15, 0.2) is 23.2 Å². The normalized spacial score (nSPS) is 17.8.